The first-order valence-electron chi connectivity index (χ1n) is 6.31. The summed E-state index contributed by atoms with van der Waals surface area (Å²) in [6.45, 7) is 12.1. The quantitative estimate of drug-likeness (QED) is 0.764. The Bertz CT molecular complexity index is 306. The number of amides is 2. The van der Waals surface area contributed by atoms with E-state index in [1.165, 1.54) is 4.90 Å². The topological polar surface area (TPSA) is 61.4 Å². The second-order valence-electron chi connectivity index (χ2n) is 6.11. The van der Waals surface area contributed by atoms with Crippen LogP contribution in [0.1, 0.15) is 41.5 Å². The molecule has 106 valence electrons. The summed E-state index contributed by atoms with van der Waals surface area (Å²) >= 11 is 0. The van der Waals surface area contributed by atoms with E-state index < -0.39 is 5.54 Å². The minimum Gasteiger partial charge on any atom is -0.350 e. The molecule has 0 aromatic rings. The summed E-state index contributed by atoms with van der Waals surface area (Å²) in [6, 6.07) is 0. The Labute approximate surface area is 110 Å². The van der Waals surface area contributed by atoms with Crippen LogP contribution in [-0.2, 0) is 9.59 Å². The van der Waals surface area contributed by atoms with E-state index in [2.05, 4.69) is 10.6 Å². The van der Waals surface area contributed by atoms with Crippen LogP contribution in [0.4, 0.5) is 0 Å². The summed E-state index contributed by atoms with van der Waals surface area (Å²) in [7, 11) is 1.64. The van der Waals surface area contributed by atoms with Crippen molar-refractivity contribution < 1.29 is 9.59 Å². The van der Waals surface area contributed by atoms with Crippen molar-refractivity contribution in [2.24, 2.45) is 0 Å². The molecule has 5 nitrogen and oxygen atoms in total. The standard InChI is InChI=1S/C13H27N3O2/c1-8-14-13(5,6)11(18)16(7)9-10(17)15-12(2,3)4/h14H,8-9H2,1-7H3,(H,15,17). The Hall–Kier alpha value is -1.10. The predicted molar refractivity (Wildman–Crippen MR) is 73.3 cm³/mol. The minimum atomic E-state index is -0.647. The van der Waals surface area contributed by atoms with Crippen LogP contribution in [0.15, 0.2) is 0 Å². The Morgan fingerprint density at radius 1 is 1.11 bits per heavy atom. The molecule has 0 aromatic heterocycles. The van der Waals surface area contributed by atoms with Gasteiger partial charge in [-0.1, -0.05) is 6.92 Å². The van der Waals surface area contributed by atoms with Crippen molar-refractivity contribution in [3.8, 4) is 0 Å². The number of carbonyl (C=O) groups is 2. The number of likely N-dealkylation sites (N-methyl/N-ethyl adjacent to an activating group) is 2. The van der Waals surface area contributed by atoms with Crippen LogP contribution < -0.4 is 10.6 Å². The first-order valence-corrected chi connectivity index (χ1v) is 6.31. The molecule has 0 spiro atoms. The first-order chi connectivity index (χ1) is 7.99. The van der Waals surface area contributed by atoms with Crippen LogP contribution >= 0.6 is 0 Å². The monoisotopic (exact) mass is 257 g/mol. The van der Waals surface area contributed by atoms with Crippen LogP contribution in [0.25, 0.3) is 0 Å². The van der Waals surface area contributed by atoms with Gasteiger partial charge in [0.05, 0.1) is 12.1 Å². The van der Waals surface area contributed by atoms with Crippen molar-refractivity contribution in [1.29, 1.82) is 0 Å². The molecule has 0 radical (unpaired) electrons. The lowest BCUT2D eigenvalue weighted by Crippen LogP contribution is -2.55. The minimum absolute atomic E-state index is 0.0743. The van der Waals surface area contributed by atoms with Gasteiger partial charge < -0.3 is 15.5 Å². The van der Waals surface area contributed by atoms with E-state index in [0.717, 1.165) is 0 Å². The van der Waals surface area contributed by atoms with Gasteiger partial charge in [0, 0.05) is 12.6 Å². The lowest BCUT2D eigenvalue weighted by Gasteiger charge is -2.30. The van der Waals surface area contributed by atoms with Gasteiger partial charge in [0.15, 0.2) is 0 Å². The molecule has 2 amide bonds. The van der Waals surface area contributed by atoms with Gasteiger partial charge in [-0.2, -0.15) is 0 Å². The summed E-state index contributed by atoms with van der Waals surface area (Å²) in [6.07, 6.45) is 0. The Balaban J connectivity index is 4.45. The molecular weight excluding hydrogens is 230 g/mol. The number of nitrogens with zero attached hydrogens (tertiary/aromatic N) is 1. The maximum absolute atomic E-state index is 12.1. The Morgan fingerprint density at radius 2 is 1.61 bits per heavy atom. The predicted octanol–water partition coefficient (Wildman–Crippen LogP) is 0.748. The van der Waals surface area contributed by atoms with Crippen LogP contribution in [0, 0.1) is 0 Å². The van der Waals surface area contributed by atoms with Gasteiger partial charge in [-0.05, 0) is 41.2 Å². The van der Waals surface area contributed by atoms with E-state index >= 15 is 0 Å². The molecule has 5 heteroatoms. The van der Waals surface area contributed by atoms with Crippen LogP contribution in [0.2, 0.25) is 0 Å². The average Bonchev–Trinajstić information content (AvgIpc) is 2.12. The maximum Gasteiger partial charge on any atom is 0.242 e. The number of nitrogens with one attached hydrogen (secondary N) is 2. The van der Waals surface area contributed by atoms with Gasteiger partial charge in [-0.15, -0.1) is 0 Å². The van der Waals surface area contributed by atoms with Crippen molar-refractivity contribution in [2.45, 2.75) is 52.6 Å². The van der Waals surface area contributed by atoms with Crippen LogP contribution in [0.5, 0.6) is 0 Å². The molecule has 0 aliphatic heterocycles. The Kier molecular flexibility index (Phi) is 5.80. The highest BCUT2D eigenvalue weighted by atomic mass is 16.2. The van der Waals surface area contributed by atoms with E-state index in [9.17, 15) is 9.59 Å². The van der Waals surface area contributed by atoms with E-state index in [-0.39, 0.29) is 23.9 Å². The highest BCUT2D eigenvalue weighted by Crippen LogP contribution is 2.07. The largest absolute Gasteiger partial charge is 0.350 e. The molecule has 0 saturated heterocycles. The molecule has 0 aromatic carbocycles. The second-order valence-corrected chi connectivity index (χ2v) is 6.11. The summed E-state index contributed by atoms with van der Waals surface area (Å²) in [4.78, 5) is 25.3. The molecule has 0 unspecified atom stereocenters. The van der Waals surface area contributed by atoms with Crippen LogP contribution in [0.3, 0.4) is 0 Å². The van der Waals surface area contributed by atoms with Crippen molar-refractivity contribution in [3.05, 3.63) is 0 Å². The molecular formula is C13H27N3O2. The van der Waals surface area contributed by atoms with Gasteiger partial charge in [0.25, 0.3) is 0 Å². The number of rotatable bonds is 5. The van der Waals surface area contributed by atoms with Gasteiger partial charge in [-0.25, -0.2) is 0 Å². The summed E-state index contributed by atoms with van der Waals surface area (Å²) in [5, 5.41) is 5.94. The highest BCUT2D eigenvalue weighted by molar-refractivity contribution is 5.89. The lowest BCUT2D eigenvalue weighted by molar-refractivity contribution is -0.139. The second kappa shape index (κ2) is 6.18. The molecule has 0 rings (SSSR count). The maximum atomic E-state index is 12.1. The molecule has 0 aliphatic rings. The Morgan fingerprint density at radius 3 is 2.00 bits per heavy atom. The molecule has 0 aliphatic carbocycles. The number of hydrogen-bond donors (Lipinski definition) is 2. The molecule has 0 atom stereocenters. The van der Waals surface area contributed by atoms with Crippen molar-refractivity contribution in [3.63, 3.8) is 0 Å². The van der Waals surface area contributed by atoms with E-state index in [1.54, 1.807) is 7.05 Å². The molecule has 0 bridgehead atoms. The molecule has 2 N–H and O–H groups in total. The highest BCUT2D eigenvalue weighted by Gasteiger charge is 2.30. The number of hydrogen-bond acceptors (Lipinski definition) is 3. The van der Waals surface area contributed by atoms with Crippen molar-refractivity contribution >= 4 is 11.8 Å². The van der Waals surface area contributed by atoms with E-state index in [1.807, 2.05) is 41.5 Å². The average molecular weight is 257 g/mol. The summed E-state index contributed by atoms with van der Waals surface area (Å²) in [5.74, 6) is -0.237. The smallest absolute Gasteiger partial charge is 0.242 e. The third-order valence-electron chi connectivity index (χ3n) is 2.40. The zero-order chi connectivity index (χ0) is 14.6. The number of carbonyl (C=O) groups excluding carboxylic acids is 2. The third-order valence-corrected chi connectivity index (χ3v) is 2.40. The van der Waals surface area contributed by atoms with E-state index in [0.29, 0.717) is 6.54 Å². The zero-order valence-corrected chi connectivity index (χ0v) is 12.7. The van der Waals surface area contributed by atoms with Crippen molar-refractivity contribution in [2.75, 3.05) is 20.1 Å². The van der Waals surface area contributed by atoms with Crippen LogP contribution in [-0.4, -0.2) is 47.9 Å². The SMILES string of the molecule is CCNC(C)(C)C(=O)N(C)CC(=O)NC(C)(C)C. The molecule has 0 heterocycles. The molecule has 0 saturated carbocycles. The fourth-order valence-electron chi connectivity index (χ4n) is 1.74. The lowest BCUT2D eigenvalue weighted by atomic mass is 10.0. The van der Waals surface area contributed by atoms with Gasteiger partial charge in [-0.3, -0.25) is 9.59 Å². The fourth-order valence-corrected chi connectivity index (χ4v) is 1.74. The summed E-state index contributed by atoms with van der Waals surface area (Å²) < 4.78 is 0. The summed E-state index contributed by atoms with van der Waals surface area (Å²) in [5.41, 5.74) is -0.927. The van der Waals surface area contributed by atoms with Gasteiger partial charge in [0.1, 0.15) is 0 Å². The van der Waals surface area contributed by atoms with Gasteiger partial charge in [0.2, 0.25) is 11.8 Å². The zero-order valence-electron chi connectivity index (χ0n) is 12.7. The molecule has 18 heavy (non-hydrogen) atoms. The fraction of sp³-hybridized carbons (Fsp3) is 0.846. The normalized spacial score (nSPS) is 12.2. The van der Waals surface area contributed by atoms with E-state index in [4.69, 9.17) is 0 Å². The van der Waals surface area contributed by atoms with Gasteiger partial charge >= 0.3 is 0 Å². The first kappa shape index (κ1) is 16.9. The molecule has 0 fully saturated rings. The third kappa shape index (κ3) is 6.00. The van der Waals surface area contributed by atoms with Crippen molar-refractivity contribution in [1.82, 2.24) is 15.5 Å².